The molecule has 2 aliphatic carbocycles. The first kappa shape index (κ1) is 13.2. The predicted molar refractivity (Wildman–Crippen MR) is 81.3 cm³/mol. The van der Waals surface area contributed by atoms with E-state index in [2.05, 4.69) is 43.4 Å². The van der Waals surface area contributed by atoms with E-state index in [9.17, 15) is 0 Å². The van der Waals surface area contributed by atoms with Gasteiger partial charge in [0.05, 0.1) is 0 Å². The maximum Gasteiger partial charge on any atom is 0.0351 e. The quantitative estimate of drug-likeness (QED) is 0.782. The van der Waals surface area contributed by atoms with Gasteiger partial charge in [0.2, 0.25) is 0 Å². The first-order valence-electron chi connectivity index (χ1n) is 8.13. The molecule has 0 spiro atoms. The molecule has 19 heavy (non-hydrogen) atoms. The third kappa shape index (κ3) is 2.86. The zero-order valence-corrected chi connectivity index (χ0v) is 12.4. The molecular weight excluding hydrogens is 230 g/mol. The molecule has 0 aromatic heterocycles. The van der Waals surface area contributed by atoms with E-state index >= 15 is 0 Å². The van der Waals surface area contributed by atoms with Gasteiger partial charge in [-0.1, -0.05) is 44.5 Å². The fourth-order valence-electron chi connectivity index (χ4n) is 3.35. The maximum absolute atomic E-state index is 3.75. The van der Waals surface area contributed by atoms with E-state index in [1.165, 1.54) is 37.7 Å². The van der Waals surface area contributed by atoms with Gasteiger partial charge in [0.1, 0.15) is 0 Å². The largest absolute Gasteiger partial charge is 0.310 e. The van der Waals surface area contributed by atoms with E-state index in [4.69, 9.17) is 0 Å². The van der Waals surface area contributed by atoms with E-state index in [0.29, 0.717) is 6.04 Å². The van der Waals surface area contributed by atoms with Crippen molar-refractivity contribution in [3.63, 3.8) is 0 Å². The fraction of sp³-hybridized carbons (Fsp3) is 0.667. The monoisotopic (exact) mass is 257 g/mol. The molecule has 3 rings (SSSR count). The molecule has 2 fully saturated rings. The summed E-state index contributed by atoms with van der Waals surface area (Å²) in [5.74, 6) is 2.62. The lowest BCUT2D eigenvalue weighted by Crippen LogP contribution is -2.24. The van der Waals surface area contributed by atoms with Gasteiger partial charge in [-0.05, 0) is 61.1 Å². The molecule has 3 unspecified atom stereocenters. The normalized spacial score (nSPS) is 27.9. The van der Waals surface area contributed by atoms with Crippen LogP contribution < -0.4 is 5.32 Å². The second-order valence-electron chi connectivity index (χ2n) is 6.60. The molecule has 0 bridgehead atoms. The van der Waals surface area contributed by atoms with Crippen molar-refractivity contribution in [1.82, 2.24) is 5.32 Å². The summed E-state index contributed by atoms with van der Waals surface area (Å²) in [4.78, 5) is 0. The standard InChI is InChI=1S/C18H27N/c1-3-11-19-18(17-12-13(17)2)16-9-7-15(8-10-16)14-5-4-6-14/h7-10,13-14,17-19H,3-6,11-12H2,1-2H3. The van der Waals surface area contributed by atoms with E-state index in [-0.39, 0.29) is 0 Å². The molecule has 2 saturated carbocycles. The lowest BCUT2D eigenvalue weighted by molar-refractivity contribution is 0.419. The lowest BCUT2D eigenvalue weighted by Gasteiger charge is -2.26. The van der Waals surface area contributed by atoms with Gasteiger partial charge in [0.25, 0.3) is 0 Å². The fourth-order valence-corrected chi connectivity index (χ4v) is 3.35. The number of hydrogen-bond donors (Lipinski definition) is 1. The second kappa shape index (κ2) is 5.66. The van der Waals surface area contributed by atoms with Crippen LogP contribution >= 0.6 is 0 Å². The number of hydrogen-bond acceptors (Lipinski definition) is 1. The highest BCUT2D eigenvalue weighted by Gasteiger charge is 2.39. The van der Waals surface area contributed by atoms with Crippen molar-refractivity contribution in [3.05, 3.63) is 35.4 Å². The molecule has 1 heteroatoms. The Balaban J connectivity index is 1.70. The van der Waals surface area contributed by atoms with Crippen molar-refractivity contribution in [2.45, 2.75) is 57.9 Å². The third-order valence-electron chi connectivity index (χ3n) is 5.09. The first-order chi connectivity index (χ1) is 9.29. The van der Waals surface area contributed by atoms with Gasteiger partial charge >= 0.3 is 0 Å². The Hall–Kier alpha value is -0.820. The van der Waals surface area contributed by atoms with Crippen LogP contribution in [0.25, 0.3) is 0 Å². The summed E-state index contributed by atoms with van der Waals surface area (Å²) in [6.07, 6.45) is 6.84. The zero-order chi connectivity index (χ0) is 13.2. The summed E-state index contributed by atoms with van der Waals surface area (Å²) < 4.78 is 0. The van der Waals surface area contributed by atoms with Crippen molar-refractivity contribution in [2.75, 3.05) is 6.54 Å². The smallest absolute Gasteiger partial charge is 0.0351 e. The zero-order valence-electron chi connectivity index (χ0n) is 12.4. The first-order valence-corrected chi connectivity index (χ1v) is 8.13. The Morgan fingerprint density at radius 3 is 2.37 bits per heavy atom. The molecular formula is C18H27N. The minimum Gasteiger partial charge on any atom is -0.310 e. The number of nitrogens with one attached hydrogen (secondary N) is 1. The molecule has 1 nitrogen and oxygen atoms in total. The molecule has 0 saturated heterocycles. The molecule has 2 aliphatic rings. The van der Waals surface area contributed by atoms with Gasteiger partial charge in [-0.3, -0.25) is 0 Å². The Bertz CT molecular complexity index is 404. The van der Waals surface area contributed by atoms with Crippen molar-refractivity contribution >= 4 is 0 Å². The van der Waals surface area contributed by atoms with Crippen LogP contribution in [0, 0.1) is 11.8 Å². The average molecular weight is 257 g/mol. The Kier molecular flexibility index (Phi) is 3.93. The highest BCUT2D eigenvalue weighted by Crippen LogP contribution is 2.47. The van der Waals surface area contributed by atoms with E-state index < -0.39 is 0 Å². The molecule has 0 radical (unpaired) electrons. The van der Waals surface area contributed by atoms with Crippen molar-refractivity contribution < 1.29 is 0 Å². The van der Waals surface area contributed by atoms with Crippen LogP contribution in [0.5, 0.6) is 0 Å². The summed E-state index contributed by atoms with van der Waals surface area (Å²) in [6, 6.07) is 10.1. The van der Waals surface area contributed by atoms with Crippen LogP contribution in [0.15, 0.2) is 24.3 Å². The van der Waals surface area contributed by atoms with Crippen LogP contribution in [-0.4, -0.2) is 6.54 Å². The Labute approximate surface area is 117 Å². The highest BCUT2D eigenvalue weighted by molar-refractivity contribution is 5.29. The van der Waals surface area contributed by atoms with Crippen LogP contribution in [0.3, 0.4) is 0 Å². The summed E-state index contributed by atoms with van der Waals surface area (Å²) in [5, 5.41) is 3.75. The Morgan fingerprint density at radius 2 is 1.89 bits per heavy atom. The molecule has 1 N–H and O–H groups in total. The summed E-state index contributed by atoms with van der Waals surface area (Å²) in [6.45, 7) is 5.77. The molecule has 1 aromatic rings. The van der Waals surface area contributed by atoms with Gasteiger partial charge in [0, 0.05) is 6.04 Å². The maximum atomic E-state index is 3.75. The molecule has 0 heterocycles. The van der Waals surface area contributed by atoms with Gasteiger partial charge in [-0.25, -0.2) is 0 Å². The molecule has 104 valence electrons. The van der Waals surface area contributed by atoms with E-state index in [1.54, 1.807) is 5.56 Å². The summed E-state index contributed by atoms with van der Waals surface area (Å²) in [7, 11) is 0. The SMILES string of the molecule is CCCNC(c1ccc(C2CCC2)cc1)C1CC1C. The Morgan fingerprint density at radius 1 is 1.21 bits per heavy atom. The van der Waals surface area contributed by atoms with Crippen molar-refractivity contribution in [1.29, 1.82) is 0 Å². The topological polar surface area (TPSA) is 12.0 Å². The second-order valence-corrected chi connectivity index (χ2v) is 6.60. The van der Waals surface area contributed by atoms with Crippen molar-refractivity contribution in [2.24, 2.45) is 11.8 Å². The van der Waals surface area contributed by atoms with Gasteiger partial charge < -0.3 is 5.32 Å². The molecule has 1 aromatic carbocycles. The average Bonchev–Trinajstić information content (AvgIpc) is 3.07. The van der Waals surface area contributed by atoms with Gasteiger partial charge in [0.15, 0.2) is 0 Å². The van der Waals surface area contributed by atoms with Crippen LogP contribution in [0.4, 0.5) is 0 Å². The highest BCUT2D eigenvalue weighted by atomic mass is 14.9. The third-order valence-corrected chi connectivity index (χ3v) is 5.09. The van der Waals surface area contributed by atoms with Crippen LogP contribution in [-0.2, 0) is 0 Å². The summed E-state index contributed by atoms with van der Waals surface area (Å²) >= 11 is 0. The van der Waals surface area contributed by atoms with E-state index in [0.717, 1.165) is 24.3 Å². The summed E-state index contributed by atoms with van der Waals surface area (Å²) in [5.41, 5.74) is 3.07. The molecule has 0 aliphatic heterocycles. The number of benzene rings is 1. The minimum absolute atomic E-state index is 0.588. The van der Waals surface area contributed by atoms with Gasteiger partial charge in [-0.15, -0.1) is 0 Å². The van der Waals surface area contributed by atoms with Crippen molar-refractivity contribution in [3.8, 4) is 0 Å². The molecule has 0 amide bonds. The number of rotatable bonds is 6. The van der Waals surface area contributed by atoms with Crippen LogP contribution in [0.2, 0.25) is 0 Å². The van der Waals surface area contributed by atoms with Crippen LogP contribution in [0.1, 0.15) is 69.0 Å². The van der Waals surface area contributed by atoms with Gasteiger partial charge in [-0.2, -0.15) is 0 Å². The molecule has 3 atom stereocenters. The minimum atomic E-state index is 0.588. The predicted octanol–water partition coefficient (Wildman–Crippen LogP) is 4.65. The van der Waals surface area contributed by atoms with E-state index in [1.807, 2.05) is 0 Å². The lowest BCUT2D eigenvalue weighted by atomic mass is 9.79.